The highest BCUT2D eigenvalue weighted by atomic mass is 16.5. The molecule has 0 saturated carbocycles. The maximum Gasteiger partial charge on any atom is 0.318 e. The largest absolute Gasteiger partial charge is 0.462 e. The number of piperazine rings is 1. The first-order valence-corrected chi connectivity index (χ1v) is 14.5. The van der Waals surface area contributed by atoms with Crippen molar-refractivity contribution < 1.29 is 9.53 Å². The van der Waals surface area contributed by atoms with E-state index < -0.39 is 0 Å². The number of hydrogen-bond acceptors (Lipinski definition) is 7. The van der Waals surface area contributed by atoms with E-state index in [4.69, 9.17) is 14.7 Å². The molecule has 2 unspecified atom stereocenters. The molecule has 1 aromatic heterocycles. The summed E-state index contributed by atoms with van der Waals surface area (Å²) >= 11 is 0. The summed E-state index contributed by atoms with van der Waals surface area (Å²) in [6.07, 6.45) is 7.75. The van der Waals surface area contributed by atoms with Gasteiger partial charge < -0.3 is 19.4 Å². The van der Waals surface area contributed by atoms with E-state index in [1.54, 1.807) is 4.90 Å². The highest BCUT2D eigenvalue weighted by molar-refractivity contribution is 5.98. The van der Waals surface area contributed by atoms with Crippen LogP contribution in [0, 0.1) is 11.3 Å². The Bertz CT molecular complexity index is 1540. The maximum absolute atomic E-state index is 12.5. The molecule has 2 aliphatic heterocycles. The number of anilines is 1. The number of allylic oxidation sites excluding steroid dienone is 1. The number of hydrogen-bond donors (Lipinski definition) is 0. The molecule has 1 aliphatic carbocycles. The molecule has 1 amide bonds. The molecule has 210 valence electrons. The van der Waals surface area contributed by atoms with Crippen LogP contribution in [0.15, 0.2) is 55.1 Å². The van der Waals surface area contributed by atoms with Crippen LogP contribution in [0.4, 0.5) is 5.82 Å². The lowest BCUT2D eigenvalue weighted by atomic mass is 9.88. The Morgan fingerprint density at radius 2 is 1.98 bits per heavy atom. The molecule has 0 spiro atoms. The minimum absolute atomic E-state index is 0.137. The summed E-state index contributed by atoms with van der Waals surface area (Å²) in [7, 11) is 2.14. The lowest BCUT2D eigenvalue weighted by molar-refractivity contribution is -0.128. The van der Waals surface area contributed by atoms with Gasteiger partial charge in [0.15, 0.2) is 0 Å². The van der Waals surface area contributed by atoms with Gasteiger partial charge in [-0.1, -0.05) is 49.0 Å². The van der Waals surface area contributed by atoms with E-state index in [1.165, 1.54) is 34.4 Å². The minimum atomic E-state index is -0.230. The number of nitriles is 1. The Balaban J connectivity index is 1.37. The van der Waals surface area contributed by atoms with E-state index in [0.717, 1.165) is 42.9 Å². The molecule has 2 saturated heterocycles. The van der Waals surface area contributed by atoms with Gasteiger partial charge in [0.1, 0.15) is 12.4 Å². The summed E-state index contributed by atoms with van der Waals surface area (Å²) in [5.74, 6) is 0.716. The van der Waals surface area contributed by atoms with Crippen molar-refractivity contribution in [2.75, 3.05) is 44.7 Å². The Hall–Kier alpha value is -4.22. The molecule has 8 nitrogen and oxygen atoms in total. The number of nitrogens with zero attached hydrogens (tertiary/aromatic N) is 6. The second kappa shape index (κ2) is 11.7. The Morgan fingerprint density at radius 1 is 1.12 bits per heavy atom. The first-order valence-electron chi connectivity index (χ1n) is 14.5. The molecular weight excluding hydrogens is 512 g/mol. The van der Waals surface area contributed by atoms with Crippen molar-refractivity contribution in [2.45, 2.75) is 44.2 Å². The van der Waals surface area contributed by atoms with Gasteiger partial charge >= 0.3 is 6.01 Å². The Kier molecular flexibility index (Phi) is 7.71. The molecule has 0 radical (unpaired) electrons. The lowest BCUT2D eigenvalue weighted by Gasteiger charge is -2.41. The van der Waals surface area contributed by atoms with E-state index >= 15 is 0 Å². The van der Waals surface area contributed by atoms with E-state index in [2.05, 4.69) is 78.0 Å². The molecule has 8 heteroatoms. The number of fused-ring (bicyclic) bond motifs is 2. The van der Waals surface area contributed by atoms with E-state index in [0.29, 0.717) is 38.3 Å². The number of likely N-dealkylation sites (tertiary alicyclic amines) is 1. The summed E-state index contributed by atoms with van der Waals surface area (Å²) in [4.78, 5) is 28.7. The summed E-state index contributed by atoms with van der Waals surface area (Å²) in [6.45, 7) is 6.94. The van der Waals surface area contributed by atoms with Crippen molar-refractivity contribution in [3.05, 3.63) is 71.9 Å². The van der Waals surface area contributed by atoms with Gasteiger partial charge in [-0.3, -0.25) is 4.79 Å². The average molecular weight is 549 g/mol. The Labute approximate surface area is 241 Å². The van der Waals surface area contributed by atoms with Gasteiger partial charge in [-0.2, -0.15) is 15.2 Å². The molecule has 3 aromatic rings. The third kappa shape index (κ3) is 5.42. The van der Waals surface area contributed by atoms with Crippen LogP contribution in [-0.2, 0) is 11.2 Å². The zero-order valence-corrected chi connectivity index (χ0v) is 23.6. The molecule has 2 fully saturated rings. The first-order chi connectivity index (χ1) is 20.1. The number of ether oxygens (including phenoxy) is 1. The van der Waals surface area contributed by atoms with Crippen molar-refractivity contribution in [1.82, 2.24) is 19.8 Å². The van der Waals surface area contributed by atoms with E-state index in [-0.39, 0.29) is 18.4 Å². The SMILES string of the molecule is C=CC(=O)N1CCN(c2nc(OCC3CCCN3C)nc3c2CCC(c2cccc4ccccc24)=C3)CC1CC#N. The van der Waals surface area contributed by atoms with Crippen LogP contribution in [0.3, 0.4) is 0 Å². The highest BCUT2D eigenvalue weighted by Gasteiger charge is 2.33. The molecule has 0 N–H and O–H groups in total. The van der Waals surface area contributed by atoms with Gasteiger partial charge in [-0.25, -0.2) is 0 Å². The fraction of sp³-hybridized carbons (Fsp3) is 0.394. The molecule has 2 atom stereocenters. The normalized spacial score (nSPS) is 20.8. The number of aromatic nitrogens is 2. The molecule has 6 rings (SSSR count). The minimum Gasteiger partial charge on any atom is -0.462 e. The van der Waals surface area contributed by atoms with Crippen LogP contribution in [0.25, 0.3) is 22.4 Å². The topological polar surface area (TPSA) is 85.6 Å². The zero-order chi connectivity index (χ0) is 28.3. The predicted octanol–water partition coefficient (Wildman–Crippen LogP) is 4.71. The molecule has 3 aliphatic rings. The first kappa shape index (κ1) is 27.0. The van der Waals surface area contributed by atoms with Crippen LogP contribution >= 0.6 is 0 Å². The second-order valence-corrected chi connectivity index (χ2v) is 11.2. The predicted molar refractivity (Wildman–Crippen MR) is 161 cm³/mol. The van der Waals surface area contributed by atoms with Gasteiger partial charge in [-0.15, -0.1) is 0 Å². The van der Waals surface area contributed by atoms with Gasteiger partial charge in [0.2, 0.25) is 5.91 Å². The average Bonchev–Trinajstić information content (AvgIpc) is 3.43. The van der Waals surface area contributed by atoms with Crippen LogP contribution in [0.2, 0.25) is 0 Å². The van der Waals surface area contributed by atoms with Gasteiger partial charge in [-0.05, 0) is 73.3 Å². The van der Waals surface area contributed by atoms with Gasteiger partial charge in [0.05, 0.1) is 24.2 Å². The van der Waals surface area contributed by atoms with E-state index in [1.807, 2.05) is 0 Å². The molecular formula is C33H36N6O2. The fourth-order valence-electron chi connectivity index (χ4n) is 6.46. The number of benzene rings is 2. The smallest absolute Gasteiger partial charge is 0.318 e. The summed E-state index contributed by atoms with van der Waals surface area (Å²) in [6, 6.07) is 17.7. The number of likely N-dealkylation sites (N-methyl/N-ethyl adjacent to an activating group) is 1. The lowest BCUT2D eigenvalue weighted by Crippen LogP contribution is -2.55. The third-order valence-electron chi connectivity index (χ3n) is 8.73. The Morgan fingerprint density at radius 3 is 2.78 bits per heavy atom. The summed E-state index contributed by atoms with van der Waals surface area (Å²) in [5, 5.41) is 12.0. The van der Waals surface area contributed by atoms with Crippen LogP contribution in [-0.4, -0.2) is 77.6 Å². The monoisotopic (exact) mass is 548 g/mol. The quantitative estimate of drug-likeness (QED) is 0.396. The van der Waals surface area contributed by atoms with Crippen LogP contribution in [0.5, 0.6) is 6.01 Å². The van der Waals surface area contributed by atoms with Crippen LogP contribution in [0.1, 0.15) is 42.5 Å². The fourth-order valence-corrected chi connectivity index (χ4v) is 6.46. The summed E-state index contributed by atoms with van der Waals surface area (Å²) < 4.78 is 6.27. The second-order valence-electron chi connectivity index (χ2n) is 11.2. The molecule has 3 heterocycles. The zero-order valence-electron chi connectivity index (χ0n) is 23.6. The molecule has 2 aromatic carbocycles. The number of carbonyl (C=O) groups is 1. The van der Waals surface area contributed by atoms with Crippen molar-refractivity contribution >= 4 is 34.1 Å². The van der Waals surface area contributed by atoms with E-state index in [9.17, 15) is 10.1 Å². The van der Waals surface area contributed by atoms with Crippen molar-refractivity contribution in [3.8, 4) is 12.1 Å². The highest BCUT2D eigenvalue weighted by Crippen LogP contribution is 2.38. The van der Waals surface area contributed by atoms with Gasteiger partial charge in [0, 0.05) is 31.2 Å². The maximum atomic E-state index is 12.5. The van der Waals surface area contributed by atoms with Crippen molar-refractivity contribution in [3.63, 3.8) is 0 Å². The number of carbonyl (C=O) groups excluding carboxylic acids is 1. The van der Waals surface area contributed by atoms with Crippen molar-refractivity contribution in [2.24, 2.45) is 0 Å². The standard InChI is InChI=1S/C33H36N6O2/c1-3-31(40)39-19-18-38(21-25(39)15-16-34)32-29-14-13-24(28-12-6-9-23-8-4-5-11-27(23)28)20-30(29)35-33(36-32)41-22-26-10-7-17-37(26)2/h3-6,8-9,11-12,20,25-26H,1,7,10,13-15,17-19,21-22H2,2H3. The van der Waals surface area contributed by atoms with Crippen LogP contribution < -0.4 is 9.64 Å². The number of amides is 1. The molecule has 0 bridgehead atoms. The third-order valence-corrected chi connectivity index (χ3v) is 8.73. The van der Waals surface area contributed by atoms with Crippen molar-refractivity contribution in [1.29, 1.82) is 5.26 Å². The van der Waals surface area contributed by atoms with Gasteiger partial charge in [0.25, 0.3) is 0 Å². The molecule has 41 heavy (non-hydrogen) atoms. The number of rotatable bonds is 7. The summed E-state index contributed by atoms with van der Waals surface area (Å²) in [5.41, 5.74) is 4.47.